The van der Waals surface area contributed by atoms with Gasteiger partial charge in [-0.25, -0.2) is 0 Å². The molecule has 0 saturated heterocycles. The Morgan fingerprint density at radius 1 is 1.07 bits per heavy atom. The van der Waals surface area contributed by atoms with Crippen LogP contribution in [0.2, 0.25) is 0 Å². The summed E-state index contributed by atoms with van der Waals surface area (Å²) >= 11 is 0. The van der Waals surface area contributed by atoms with E-state index in [0.717, 1.165) is 23.1 Å². The maximum absolute atomic E-state index is 10.3. The van der Waals surface area contributed by atoms with Gasteiger partial charge in [0.1, 0.15) is 0 Å². The first-order valence-corrected chi connectivity index (χ1v) is 10.1. The van der Waals surface area contributed by atoms with Gasteiger partial charge in [0.2, 0.25) is 0 Å². The highest BCUT2D eigenvalue weighted by Crippen LogP contribution is 2.51. The minimum Gasteiger partial charge on any atom is -0.393 e. The molecule has 2 aliphatic rings. The molecule has 28 heavy (non-hydrogen) atoms. The third-order valence-electron chi connectivity index (χ3n) is 5.64. The van der Waals surface area contributed by atoms with Gasteiger partial charge in [-0.15, -0.1) is 0 Å². The molecule has 0 aromatic heterocycles. The summed E-state index contributed by atoms with van der Waals surface area (Å²) in [5.41, 5.74) is 4.16. The van der Waals surface area contributed by atoms with E-state index >= 15 is 0 Å². The zero-order valence-corrected chi connectivity index (χ0v) is 18.2. The van der Waals surface area contributed by atoms with Crippen LogP contribution in [-0.2, 0) is 4.74 Å². The van der Waals surface area contributed by atoms with Crippen molar-refractivity contribution >= 4 is 0 Å². The summed E-state index contributed by atoms with van der Waals surface area (Å²) in [6, 6.07) is 0. The number of ether oxygens (including phenoxy) is 1. The number of fused-ring (bicyclic) bond motifs is 1. The smallest absolute Gasteiger partial charge is 0.0982 e. The van der Waals surface area contributed by atoms with E-state index in [4.69, 9.17) is 9.84 Å². The van der Waals surface area contributed by atoms with E-state index in [0.29, 0.717) is 6.42 Å². The molecular weight excluding hydrogens is 348 g/mol. The molecule has 3 nitrogen and oxygen atoms in total. The zero-order chi connectivity index (χ0) is 20.9. The van der Waals surface area contributed by atoms with Crippen LogP contribution in [0.1, 0.15) is 54.4 Å². The van der Waals surface area contributed by atoms with Crippen LogP contribution in [0.4, 0.5) is 0 Å². The normalized spacial score (nSPS) is 31.6. The second-order valence-electron chi connectivity index (χ2n) is 9.03. The van der Waals surface area contributed by atoms with E-state index in [1.807, 2.05) is 31.2 Å². The van der Waals surface area contributed by atoms with E-state index in [1.165, 1.54) is 5.57 Å². The Balaban J connectivity index is 2.04. The second kappa shape index (κ2) is 9.21. The van der Waals surface area contributed by atoms with Crippen molar-refractivity contribution in [3.63, 3.8) is 0 Å². The molecule has 1 aliphatic heterocycles. The van der Waals surface area contributed by atoms with Crippen molar-refractivity contribution in [3.8, 4) is 0 Å². The molecular formula is C25H36O3. The fraction of sp³-hybridized carbons (Fsp3) is 0.520. The number of hydrogen-bond donors (Lipinski definition) is 2. The first-order valence-electron chi connectivity index (χ1n) is 10.1. The summed E-state index contributed by atoms with van der Waals surface area (Å²) in [5, 5.41) is 19.2. The molecule has 1 saturated carbocycles. The number of rotatable bonds is 6. The van der Waals surface area contributed by atoms with Crippen molar-refractivity contribution < 1.29 is 14.9 Å². The minimum atomic E-state index is -0.370. The molecule has 0 spiro atoms. The summed E-state index contributed by atoms with van der Waals surface area (Å²) in [6.07, 6.45) is 17.4. The fourth-order valence-corrected chi connectivity index (χ4v) is 4.23. The highest BCUT2D eigenvalue weighted by Gasteiger charge is 2.50. The highest BCUT2D eigenvalue weighted by molar-refractivity contribution is 5.37. The van der Waals surface area contributed by atoms with Crippen LogP contribution in [0.25, 0.3) is 0 Å². The molecule has 2 N–H and O–H groups in total. The Hall–Kier alpha value is -1.68. The summed E-state index contributed by atoms with van der Waals surface area (Å²) < 4.78 is 6.38. The largest absolute Gasteiger partial charge is 0.393 e. The topological polar surface area (TPSA) is 49.7 Å². The van der Waals surface area contributed by atoms with E-state index in [9.17, 15) is 5.11 Å². The second-order valence-corrected chi connectivity index (χ2v) is 9.03. The highest BCUT2D eigenvalue weighted by atomic mass is 16.5. The lowest BCUT2D eigenvalue weighted by atomic mass is 9.65. The van der Waals surface area contributed by atoms with Crippen LogP contribution < -0.4 is 0 Å². The van der Waals surface area contributed by atoms with Crippen LogP contribution in [-0.4, -0.2) is 34.6 Å². The summed E-state index contributed by atoms with van der Waals surface area (Å²) in [5.74, 6) is 0. The van der Waals surface area contributed by atoms with Gasteiger partial charge in [-0.2, -0.15) is 0 Å². The Labute approximate surface area is 170 Å². The van der Waals surface area contributed by atoms with E-state index in [-0.39, 0.29) is 29.8 Å². The monoisotopic (exact) mass is 384 g/mol. The average molecular weight is 385 g/mol. The van der Waals surface area contributed by atoms with Crippen molar-refractivity contribution in [3.05, 3.63) is 70.9 Å². The van der Waals surface area contributed by atoms with Gasteiger partial charge in [0.05, 0.1) is 24.4 Å². The van der Waals surface area contributed by atoms with Crippen molar-refractivity contribution in [1.82, 2.24) is 0 Å². The molecule has 0 aromatic carbocycles. The molecule has 1 heterocycles. The van der Waals surface area contributed by atoms with Crippen LogP contribution in [0.3, 0.4) is 0 Å². The van der Waals surface area contributed by atoms with Crippen LogP contribution in [0.5, 0.6) is 0 Å². The van der Waals surface area contributed by atoms with E-state index < -0.39 is 0 Å². The molecule has 0 amide bonds. The van der Waals surface area contributed by atoms with Crippen molar-refractivity contribution in [2.45, 2.75) is 72.2 Å². The number of aliphatic hydroxyl groups is 2. The van der Waals surface area contributed by atoms with Gasteiger partial charge in [0.15, 0.2) is 0 Å². The fourth-order valence-electron chi connectivity index (χ4n) is 4.23. The molecule has 0 bridgehead atoms. The first-order chi connectivity index (χ1) is 13.1. The van der Waals surface area contributed by atoms with E-state index in [2.05, 4.69) is 58.9 Å². The van der Waals surface area contributed by atoms with Gasteiger partial charge in [-0.1, -0.05) is 62.0 Å². The predicted octanol–water partition coefficient (Wildman–Crippen LogP) is 5.19. The quantitative estimate of drug-likeness (QED) is 0.489. The van der Waals surface area contributed by atoms with Crippen molar-refractivity contribution in [2.24, 2.45) is 5.41 Å². The Morgan fingerprint density at radius 3 is 2.43 bits per heavy atom. The van der Waals surface area contributed by atoms with Crippen LogP contribution >= 0.6 is 0 Å². The van der Waals surface area contributed by atoms with Crippen molar-refractivity contribution in [2.75, 3.05) is 6.61 Å². The molecule has 3 atom stereocenters. The first kappa shape index (κ1) is 22.6. The Kier molecular flexibility index (Phi) is 7.44. The molecule has 2 rings (SSSR count). The Morgan fingerprint density at radius 2 is 1.75 bits per heavy atom. The standard InChI is InChI=1S/C25H36O3/c1-18(10-7-8-11-19(2)17-26)12-9-13-20(3)22-14-23-24(4,5)15-21(27)16-25(23,6)28-22/h7-14,21-22,26-27H,15-17H2,1-6H3/b8-7-,12-9+,18-10+,19-11+,20-13-. The lowest BCUT2D eigenvalue weighted by Crippen LogP contribution is -2.45. The summed E-state index contributed by atoms with van der Waals surface area (Å²) in [6.45, 7) is 12.6. The average Bonchev–Trinajstić information content (AvgIpc) is 2.96. The third kappa shape index (κ3) is 5.66. The molecule has 1 fully saturated rings. The number of aliphatic hydroxyl groups excluding tert-OH is 2. The Bertz CT molecular complexity index is 746. The number of hydrogen-bond acceptors (Lipinski definition) is 3. The lowest BCUT2D eigenvalue weighted by molar-refractivity contribution is -0.0683. The predicted molar refractivity (Wildman–Crippen MR) is 117 cm³/mol. The van der Waals surface area contributed by atoms with Gasteiger partial charge in [-0.05, 0) is 62.3 Å². The van der Waals surface area contributed by atoms with Crippen LogP contribution in [0, 0.1) is 5.41 Å². The lowest BCUT2D eigenvalue weighted by Gasteiger charge is -2.44. The minimum absolute atomic E-state index is 0.0359. The molecule has 3 unspecified atom stereocenters. The zero-order valence-electron chi connectivity index (χ0n) is 18.2. The summed E-state index contributed by atoms with van der Waals surface area (Å²) in [7, 11) is 0. The van der Waals surface area contributed by atoms with Gasteiger partial charge >= 0.3 is 0 Å². The maximum atomic E-state index is 10.3. The maximum Gasteiger partial charge on any atom is 0.0982 e. The summed E-state index contributed by atoms with van der Waals surface area (Å²) in [4.78, 5) is 0. The number of allylic oxidation sites excluding steroid dienone is 8. The molecule has 3 heteroatoms. The van der Waals surface area contributed by atoms with Gasteiger partial charge in [-0.3, -0.25) is 0 Å². The molecule has 154 valence electrons. The van der Waals surface area contributed by atoms with E-state index in [1.54, 1.807) is 0 Å². The van der Waals surface area contributed by atoms with Crippen molar-refractivity contribution in [1.29, 1.82) is 0 Å². The van der Waals surface area contributed by atoms with Gasteiger partial charge in [0.25, 0.3) is 0 Å². The van der Waals surface area contributed by atoms with Gasteiger partial charge < -0.3 is 14.9 Å². The van der Waals surface area contributed by atoms with Crippen LogP contribution in [0.15, 0.2) is 70.9 Å². The third-order valence-corrected chi connectivity index (χ3v) is 5.64. The molecule has 1 aliphatic carbocycles. The SMILES string of the molecule is C/C(=C/C=C/C(C)=C/C=C\C=C(/C)CO)C1C=C2C(C)(C)CC(O)CC2(C)O1. The van der Waals surface area contributed by atoms with Gasteiger partial charge in [0, 0.05) is 6.42 Å². The molecule has 0 radical (unpaired) electrons. The molecule has 0 aromatic rings.